The van der Waals surface area contributed by atoms with Gasteiger partial charge in [0.25, 0.3) is 0 Å². The Kier molecular flexibility index (Phi) is 5.16. The minimum Gasteiger partial charge on any atom is -0.385 e. The molecule has 1 N–H and O–H groups in total. The number of benzene rings is 2. The first-order valence-electron chi connectivity index (χ1n) is 10.6. The molecule has 1 saturated heterocycles. The summed E-state index contributed by atoms with van der Waals surface area (Å²) in [5.41, 5.74) is -0.474. The molecule has 32 heavy (non-hydrogen) atoms. The van der Waals surface area contributed by atoms with Gasteiger partial charge < -0.3 is 19.5 Å². The number of hydrogen-bond acceptors (Lipinski definition) is 5. The first kappa shape index (κ1) is 21.3. The van der Waals surface area contributed by atoms with E-state index in [-0.39, 0.29) is 29.6 Å². The van der Waals surface area contributed by atoms with Crippen LogP contribution in [0.5, 0.6) is 0 Å². The Bertz CT molecular complexity index is 1040. The van der Waals surface area contributed by atoms with E-state index in [1.807, 2.05) is 30.3 Å². The van der Waals surface area contributed by atoms with Crippen molar-refractivity contribution in [3.05, 3.63) is 65.2 Å². The molecule has 0 amide bonds. The molecular weight excluding hydrogens is 421 g/mol. The van der Waals surface area contributed by atoms with Crippen molar-refractivity contribution in [1.29, 1.82) is 5.26 Å². The van der Waals surface area contributed by atoms with Crippen LogP contribution in [-0.4, -0.2) is 38.1 Å². The molecule has 2 saturated carbocycles. The van der Waals surface area contributed by atoms with Gasteiger partial charge in [0.15, 0.2) is 0 Å². The van der Waals surface area contributed by atoms with E-state index in [4.69, 9.17) is 19.5 Å². The fourth-order valence-electron chi connectivity index (χ4n) is 5.53. The van der Waals surface area contributed by atoms with Crippen LogP contribution in [0, 0.1) is 29.1 Å². The lowest BCUT2D eigenvalue weighted by Crippen LogP contribution is -2.75. The number of halogens is 3. The zero-order valence-electron chi connectivity index (χ0n) is 17.4. The highest BCUT2D eigenvalue weighted by Crippen LogP contribution is 2.70. The summed E-state index contributed by atoms with van der Waals surface area (Å²) in [7, 11) is 1.66. The molecule has 1 aliphatic heterocycles. The predicted molar refractivity (Wildman–Crippen MR) is 110 cm³/mol. The minimum absolute atomic E-state index is 0.0435. The van der Waals surface area contributed by atoms with Crippen LogP contribution in [0.25, 0.3) is 0 Å². The SMILES string of the molecule is COC1(COCc2ccccc2)C(CNc2ccc(C#N)c(C(F)(F)F)c2)C2C3OC3C21. The Hall–Kier alpha value is -2.60. The second kappa shape index (κ2) is 7.77. The molecule has 6 atom stereocenters. The number of nitriles is 1. The molecule has 3 aliphatic rings. The lowest BCUT2D eigenvalue weighted by Gasteiger charge is -2.63. The molecule has 1 heterocycles. The van der Waals surface area contributed by atoms with Gasteiger partial charge in [-0.2, -0.15) is 18.4 Å². The average molecular weight is 444 g/mol. The lowest BCUT2D eigenvalue weighted by molar-refractivity contribution is -0.259. The van der Waals surface area contributed by atoms with Crippen LogP contribution in [0.4, 0.5) is 18.9 Å². The molecule has 5 rings (SSSR count). The highest BCUT2D eigenvalue weighted by Gasteiger charge is 2.82. The summed E-state index contributed by atoms with van der Waals surface area (Å²) in [6.07, 6.45) is -4.17. The number of ether oxygens (including phenoxy) is 3. The van der Waals surface area contributed by atoms with Crippen molar-refractivity contribution in [1.82, 2.24) is 0 Å². The van der Waals surface area contributed by atoms with Gasteiger partial charge in [0.1, 0.15) is 5.60 Å². The van der Waals surface area contributed by atoms with Gasteiger partial charge in [-0.15, -0.1) is 0 Å². The van der Waals surface area contributed by atoms with E-state index in [0.717, 1.165) is 11.6 Å². The molecular formula is C24H23F3N2O3. The maximum Gasteiger partial charge on any atom is 0.417 e. The smallest absolute Gasteiger partial charge is 0.385 e. The third kappa shape index (κ3) is 3.36. The normalized spacial score (nSPS) is 32.0. The summed E-state index contributed by atoms with van der Waals surface area (Å²) in [6.45, 7) is 1.28. The van der Waals surface area contributed by atoms with Gasteiger partial charge in [-0.3, -0.25) is 0 Å². The van der Waals surface area contributed by atoms with Gasteiger partial charge >= 0.3 is 6.18 Å². The fraction of sp³-hybridized carbons (Fsp3) is 0.458. The third-order valence-electron chi connectivity index (χ3n) is 7.16. The Morgan fingerprint density at radius 1 is 1.16 bits per heavy atom. The van der Waals surface area contributed by atoms with Gasteiger partial charge in [-0.1, -0.05) is 30.3 Å². The van der Waals surface area contributed by atoms with E-state index in [2.05, 4.69) is 5.32 Å². The van der Waals surface area contributed by atoms with Crippen LogP contribution >= 0.6 is 0 Å². The molecule has 2 aromatic carbocycles. The lowest BCUT2D eigenvalue weighted by atomic mass is 9.44. The standard InChI is InChI=1S/C24H23F3N2O3/c1-30-23(13-31-12-14-5-3-2-4-6-14)18(19-20(23)22-21(19)32-22)11-29-16-8-7-15(10-28)17(9-16)24(25,26)27/h2-9,18-22,29H,11-13H2,1H3. The molecule has 6 unspecified atom stereocenters. The van der Waals surface area contributed by atoms with Crippen LogP contribution in [-0.2, 0) is 27.0 Å². The molecule has 0 radical (unpaired) electrons. The molecule has 2 aliphatic carbocycles. The zero-order valence-corrected chi connectivity index (χ0v) is 17.4. The largest absolute Gasteiger partial charge is 0.417 e. The van der Waals surface area contributed by atoms with Crippen molar-refractivity contribution in [3.63, 3.8) is 0 Å². The van der Waals surface area contributed by atoms with Crippen molar-refractivity contribution in [3.8, 4) is 6.07 Å². The van der Waals surface area contributed by atoms with Crippen LogP contribution in [0.3, 0.4) is 0 Å². The quantitative estimate of drug-likeness (QED) is 0.617. The van der Waals surface area contributed by atoms with E-state index < -0.39 is 17.3 Å². The highest BCUT2D eigenvalue weighted by atomic mass is 19.4. The average Bonchev–Trinajstić information content (AvgIpc) is 3.46. The molecule has 2 aromatic rings. The van der Waals surface area contributed by atoms with Gasteiger partial charge in [-0.05, 0) is 23.8 Å². The number of epoxide rings is 1. The second-order valence-electron chi connectivity index (χ2n) is 8.66. The number of nitrogens with one attached hydrogen (secondary N) is 1. The number of anilines is 1. The maximum absolute atomic E-state index is 13.3. The van der Waals surface area contributed by atoms with E-state index in [1.54, 1.807) is 13.2 Å². The number of methoxy groups -OCH3 is 1. The number of alkyl halides is 3. The Balaban J connectivity index is 1.29. The van der Waals surface area contributed by atoms with Gasteiger partial charge in [0.05, 0.1) is 42.6 Å². The highest BCUT2D eigenvalue weighted by molar-refractivity contribution is 5.53. The molecule has 168 valence electrons. The van der Waals surface area contributed by atoms with Crippen LogP contribution in [0.1, 0.15) is 16.7 Å². The van der Waals surface area contributed by atoms with Crippen LogP contribution < -0.4 is 5.32 Å². The van der Waals surface area contributed by atoms with Gasteiger partial charge in [0.2, 0.25) is 0 Å². The van der Waals surface area contributed by atoms with E-state index in [9.17, 15) is 13.2 Å². The topological polar surface area (TPSA) is 66.8 Å². The van der Waals surface area contributed by atoms with Gasteiger partial charge in [0, 0.05) is 37.1 Å². The summed E-state index contributed by atoms with van der Waals surface area (Å²) in [4.78, 5) is 0. The molecule has 8 heteroatoms. The molecule has 5 nitrogen and oxygen atoms in total. The Morgan fingerprint density at radius 3 is 2.62 bits per heavy atom. The fourth-order valence-corrected chi connectivity index (χ4v) is 5.53. The van der Waals surface area contributed by atoms with Crippen molar-refractivity contribution in [2.45, 2.75) is 30.6 Å². The number of rotatable bonds is 8. The summed E-state index contributed by atoms with van der Waals surface area (Å²) in [6, 6.07) is 15.2. The number of nitrogens with zero attached hydrogens (tertiary/aromatic N) is 1. The third-order valence-corrected chi connectivity index (χ3v) is 7.16. The Morgan fingerprint density at radius 2 is 1.94 bits per heavy atom. The zero-order chi connectivity index (χ0) is 22.5. The summed E-state index contributed by atoms with van der Waals surface area (Å²) in [5, 5.41) is 12.1. The van der Waals surface area contributed by atoms with Gasteiger partial charge in [-0.25, -0.2) is 0 Å². The molecule has 0 bridgehead atoms. The summed E-state index contributed by atoms with van der Waals surface area (Å²) >= 11 is 0. The first-order chi connectivity index (χ1) is 15.4. The molecule has 0 aromatic heterocycles. The monoisotopic (exact) mass is 444 g/mol. The molecule has 0 spiro atoms. The van der Waals surface area contributed by atoms with Crippen LogP contribution in [0.15, 0.2) is 48.5 Å². The van der Waals surface area contributed by atoms with E-state index in [0.29, 0.717) is 31.4 Å². The van der Waals surface area contributed by atoms with E-state index in [1.165, 1.54) is 12.1 Å². The maximum atomic E-state index is 13.3. The summed E-state index contributed by atoms with van der Waals surface area (Å²) < 4.78 is 57.7. The van der Waals surface area contributed by atoms with Crippen LogP contribution in [0.2, 0.25) is 0 Å². The van der Waals surface area contributed by atoms with E-state index >= 15 is 0 Å². The van der Waals surface area contributed by atoms with Crippen molar-refractivity contribution >= 4 is 5.69 Å². The minimum atomic E-state index is -4.59. The Labute approximate surface area is 184 Å². The van der Waals surface area contributed by atoms with Crippen molar-refractivity contribution in [2.75, 3.05) is 25.6 Å². The number of hydrogen-bond donors (Lipinski definition) is 1. The molecule has 3 fully saturated rings. The summed E-state index contributed by atoms with van der Waals surface area (Å²) in [5.74, 6) is 0.599. The van der Waals surface area contributed by atoms with Crippen molar-refractivity contribution < 1.29 is 27.4 Å². The first-order valence-corrected chi connectivity index (χ1v) is 10.6. The van der Waals surface area contributed by atoms with Crippen molar-refractivity contribution in [2.24, 2.45) is 17.8 Å². The number of fused-ring (bicyclic) bond motifs is 4. The predicted octanol–water partition coefficient (Wildman–Crippen LogP) is 4.23. The second-order valence-corrected chi connectivity index (χ2v) is 8.66.